The number of hydrogen-bond acceptors (Lipinski definition) is 4. The Balaban J connectivity index is 1.99. The molecule has 0 amide bonds. The van der Waals surface area contributed by atoms with Crippen LogP contribution in [0.4, 0.5) is 0 Å². The van der Waals surface area contributed by atoms with Crippen molar-refractivity contribution in [3.05, 3.63) is 65.6 Å². The van der Waals surface area contributed by atoms with Gasteiger partial charge in [-0.05, 0) is 64.1 Å². The smallest absolute Gasteiger partial charge is 0.128 e. The van der Waals surface area contributed by atoms with Crippen molar-refractivity contribution in [2.75, 3.05) is 13.7 Å². The zero-order chi connectivity index (χ0) is 20.5. The topological polar surface area (TPSA) is 49.2 Å². The van der Waals surface area contributed by atoms with Gasteiger partial charge in [0.1, 0.15) is 17.2 Å². The number of methoxy groups -OCH3 is 1. The Morgan fingerprint density at radius 1 is 0.862 bits per heavy atom. The fourth-order valence-corrected chi connectivity index (χ4v) is 4.07. The summed E-state index contributed by atoms with van der Waals surface area (Å²) in [5.74, 6) is 1.66. The molecule has 0 saturated carbocycles. The Kier molecular flexibility index (Phi) is 4.97. The predicted molar refractivity (Wildman–Crippen MR) is 116 cm³/mol. The molecule has 4 aromatic rings. The van der Waals surface area contributed by atoms with E-state index >= 15 is 0 Å². The van der Waals surface area contributed by atoms with E-state index in [1.54, 1.807) is 7.11 Å². The summed E-state index contributed by atoms with van der Waals surface area (Å²) in [6.07, 6.45) is 0. The van der Waals surface area contributed by atoms with Gasteiger partial charge in [0.25, 0.3) is 0 Å². The highest BCUT2D eigenvalue weighted by Gasteiger charge is 2.21. The molecule has 0 fully saturated rings. The molecule has 29 heavy (non-hydrogen) atoms. The molecule has 148 valence electrons. The third-order valence-corrected chi connectivity index (χ3v) is 5.31. The summed E-state index contributed by atoms with van der Waals surface area (Å²) in [6.45, 7) is 8.92. The Bertz CT molecular complexity index is 1180. The Morgan fingerprint density at radius 2 is 1.55 bits per heavy atom. The van der Waals surface area contributed by atoms with Crippen LogP contribution in [0.3, 0.4) is 0 Å². The highest BCUT2D eigenvalue weighted by atomic mass is 16.5. The van der Waals surface area contributed by atoms with Gasteiger partial charge in [-0.3, -0.25) is 0 Å². The fraction of sp³-hybridized carbons (Fsp3) is 0.250. The monoisotopic (exact) mass is 387 g/mol. The van der Waals surface area contributed by atoms with Crippen LogP contribution in [0, 0.1) is 20.8 Å². The second-order valence-electron chi connectivity index (χ2n) is 7.02. The first-order valence-corrected chi connectivity index (χ1v) is 9.78. The number of nitrogens with zero attached hydrogens (tertiary/aromatic N) is 3. The first-order valence-electron chi connectivity index (χ1n) is 9.78. The van der Waals surface area contributed by atoms with E-state index in [0.29, 0.717) is 6.61 Å². The van der Waals surface area contributed by atoms with Crippen molar-refractivity contribution in [1.29, 1.82) is 0 Å². The van der Waals surface area contributed by atoms with E-state index in [-0.39, 0.29) is 0 Å². The van der Waals surface area contributed by atoms with E-state index in [9.17, 15) is 0 Å². The van der Waals surface area contributed by atoms with Gasteiger partial charge < -0.3 is 14.0 Å². The number of rotatable bonds is 5. The summed E-state index contributed by atoms with van der Waals surface area (Å²) in [5, 5.41) is 11.3. The van der Waals surface area contributed by atoms with Crippen molar-refractivity contribution in [3.8, 4) is 28.4 Å². The Labute approximate surface area is 170 Å². The van der Waals surface area contributed by atoms with Gasteiger partial charge in [-0.2, -0.15) is 5.10 Å². The van der Waals surface area contributed by atoms with Gasteiger partial charge in [-0.1, -0.05) is 12.1 Å². The van der Waals surface area contributed by atoms with Gasteiger partial charge in [0, 0.05) is 33.4 Å². The Hall–Kier alpha value is -3.34. The molecule has 2 aromatic carbocycles. The number of aromatic nitrogens is 3. The minimum absolute atomic E-state index is 0.656. The lowest BCUT2D eigenvalue weighted by Gasteiger charge is -2.11. The van der Waals surface area contributed by atoms with Crippen LogP contribution in [0.25, 0.3) is 27.7 Å². The summed E-state index contributed by atoms with van der Waals surface area (Å²) in [7, 11) is 1.68. The maximum absolute atomic E-state index is 5.59. The summed E-state index contributed by atoms with van der Waals surface area (Å²) in [5.41, 5.74) is 6.06. The van der Waals surface area contributed by atoms with Gasteiger partial charge in [0.15, 0.2) is 0 Å². The minimum Gasteiger partial charge on any atom is -0.496 e. The van der Waals surface area contributed by atoms with Crippen molar-refractivity contribution < 1.29 is 9.47 Å². The maximum Gasteiger partial charge on any atom is 0.128 e. The van der Waals surface area contributed by atoms with Crippen molar-refractivity contribution in [3.63, 3.8) is 0 Å². The summed E-state index contributed by atoms with van der Waals surface area (Å²) in [6, 6.07) is 16.1. The highest BCUT2D eigenvalue weighted by molar-refractivity contribution is 6.01. The molecule has 0 bridgehead atoms. The third kappa shape index (κ3) is 3.12. The maximum atomic E-state index is 5.59. The van der Waals surface area contributed by atoms with Gasteiger partial charge in [0.2, 0.25) is 0 Å². The molecule has 0 saturated heterocycles. The highest BCUT2D eigenvalue weighted by Crippen LogP contribution is 2.39. The number of hydrogen-bond donors (Lipinski definition) is 0. The zero-order valence-electron chi connectivity index (χ0n) is 17.5. The molecule has 0 N–H and O–H groups in total. The van der Waals surface area contributed by atoms with Gasteiger partial charge in [0.05, 0.1) is 19.4 Å². The number of ether oxygens (including phenoxy) is 2. The van der Waals surface area contributed by atoms with Crippen molar-refractivity contribution in [2.45, 2.75) is 27.7 Å². The number of benzene rings is 2. The standard InChI is InChI=1S/C24H25N3O2/c1-6-29-19-13-11-18(12-14-19)27-16(3)22-15(2)25-26-24(23(22)17(27)4)20-9-7-8-10-21(20)28-5/h7-14H,6H2,1-5H3. The molecular formula is C24H25N3O2. The Morgan fingerprint density at radius 3 is 2.24 bits per heavy atom. The molecule has 0 aliphatic rings. The second kappa shape index (κ2) is 7.59. The molecule has 0 radical (unpaired) electrons. The summed E-state index contributed by atoms with van der Waals surface area (Å²) < 4.78 is 13.4. The average molecular weight is 387 g/mol. The van der Waals surface area contributed by atoms with E-state index < -0.39 is 0 Å². The van der Waals surface area contributed by atoms with Crippen LogP contribution in [0.2, 0.25) is 0 Å². The molecule has 0 unspecified atom stereocenters. The lowest BCUT2D eigenvalue weighted by molar-refractivity contribution is 0.340. The molecule has 0 spiro atoms. The summed E-state index contributed by atoms with van der Waals surface area (Å²) in [4.78, 5) is 0. The molecule has 5 nitrogen and oxygen atoms in total. The minimum atomic E-state index is 0.656. The number of fused-ring (bicyclic) bond motifs is 1. The molecule has 0 atom stereocenters. The molecule has 0 aliphatic carbocycles. The van der Waals surface area contributed by atoms with E-state index in [1.165, 1.54) is 0 Å². The van der Waals surface area contributed by atoms with Crippen molar-refractivity contribution >= 4 is 10.8 Å². The lowest BCUT2D eigenvalue weighted by Crippen LogP contribution is -1.99. The first-order chi connectivity index (χ1) is 14.1. The molecule has 5 heteroatoms. The quantitative estimate of drug-likeness (QED) is 0.459. The normalized spacial score (nSPS) is 11.1. The van der Waals surface area contributed by atoms with Crippen molar-refractivity contribution in [2.24, 2.45) is 0 Å². The second-order valence-corrected chi connectivity index (χ2v) is 7.02. The van der Waals surface area contributed by atoms with Crippen LogP contribution in [0.15, 0.2) is 48.5 Å². The SMILES string of the molecule is CCOc1ccc(-n2c(C)c3c(C)nnc(-c4ccccc4OC)c3c2C)cc1. The van der Waals surface area contributed by atoms with Crippen molar-refractivity contribution in [1.82, 2.24) is 14.8 Å². The van der Waals surface area contributed by atoms with Crippen LogP contribution in [0.1, 0.15) is 24.0 Å². The zero-order valence-corrected chi connectivity index (χ0v) is 17.5. The van der Waals surface area contributed by atoms with Crippen LogP contribution < -0.4 is 9.47 Å². The van der Waals surface area contributed by atoms with Gasteiger partial charge >= 0.3 is 0 Å². The average Bonchev–Trinajstić information content (AvgIpc) is 3.01. The molecular weight excluding hydrogens is 362 g/mol. The molecule has 2 aromatic heterocycles. The molecule has 2 heterocycles. The lowest BCUT2D eigenvalue weighted by atomic mass is 10.0. The van der Waals surface area contributed by atoms with E-state index in [4.69, 9.17) is 9.47 Å². The third-order valence-electron chi connectivity index (χ3n) is 5.31. The fourth-order valence-electron chi connectivity index (χ4n) is 4.07. The van der Waals surface area contributed by atoms with Crippen LogP contribution in [-0.2, 0) is 0 Å². The predicted octanol–water partition coefficient (Wildman–Crippen LogP) is 5.42. The van der Waals surface area contributed by atoms with Gasteiger partial charge in [-0.25, -0.2) is 0 Å². The van der Waals surface area contributed by atoms with Crippen LogP contribution in [-0.4, -0.2) is 28.5 Å². The van der Waals surface area contributed by atoms with Crippen LogP contribution in [0.5, 0.6) is 11.5 Å². The number of para-hydroxylation sites is 1. The van der Waals surface area contributed by atoms with E-state index in [2.05, 4.69) is 40.7 Å². The summed E-state index contributed by atoms with van der Waals surface area (Å²) >= 11 is 0. The largest absolute Gasteiger partial charge is 0.496 e. The van der Waals surface area contributed by atoms with Gasteiger partial charge in [-0.15, -0.1) is 5.10 Å². The van der Waals surface area contributed by atoms with E-state index in [1.807, 2.05) is 50.2 Å². The first kappa shape index (κ1) is 19.0. The molecule has 0 aliphatic heterocycles. The molecule has 4 rings (SSSR count). The number of aryl methyl sites for hydroxylation is 3. The van der Waals surface area contributed by atoms with Crippen LogP contribution >= 0.6 is 0 Å². The van der Waals surface area contributed by atoms with E-state index in [0.717, 1.165) is 56.3 Å².